The lowest BCUT2D eigenvalue weighted by Crippen LogP contribution is -2.52. The van der Waals surface area contributed by atoms with Gasteiger partial charge in [-0.25, -0.2) is 0 Å². The summed E-state index contributed by atoms with van der Waals surface area (Å²) in [4.78, 5) is 4.65. The van der Waals surface area contributed by atoms with E-state index < -0.39 is 0 Å². The molecule has 1 fully saturated rings. The van der Waals surface area contributed by atoms with Crippen LogP contribution in [0.15, 0.2) is 29.4 Å². The third kappa shape index (κ3) is 4.09. The highest BCUT2D eigenvalue weighted by molar-refractivity contribution is 5.84. The van der Waals surface area contributed by atoms with Crippen LogP contribution in [0.4, 0.5) is 0 Å². The number of methoxy groups -OCH3 is 1. The van der Waals surface area contributed by atoms with Crippen LogP contribution in [0.3, 0.4) is 0 Å². The molecule has 1 heterocycles. The topological polar surface area (TPSA) is 74.3 Å². The van der Waals surface area contributed by atoms with Gasteiger partial charge in [0.05, 0.1) is 13.2 Å². The van der Waals surface area contributed by atoms with Crippen LogP contribution in [0.1, 0.15) is 12.5 Å². The van der Waals surface area contributed by atoms with E-state index in [0.717, 1.165) is 38.5 Å². The van der Waals surface area contributed by atoms with Crippen LogP contribution in [-0.4, -0.2) is 60.2 Å². The lowest BCUT2D eigenvalue weighted by Gasteiger charge is -2.37. The molecule has 0 spiro atoms. The average molecular weight is 292 g/mol. The van der Waals surface area contributed by atoms with Crippen molar-refractivity contribution in [1.29, 1.82) is 0 Å². The predicted molar refractivity (Wildman–Crippen MR) is 82.7 cm³/mol. The van der Waals surface area contributed by atoms with Crippen molar-refractivity contribution in [2.45, 2.75) is 19.5 Å². The quantitative estimate of drug-likeness (QED) is 0.366. The van der Waals surface area contributed by atoms with E-state index in [9.17, 15) is 0 Å². The van der Waals surface area contributed by atoms with Crippen molar-refractivity contribution in [3.8, 4) is 5.75 Å². The first-order valence-corrected chi connectivity index (χ1v) is 7.20. The van der Waals surface area contributed by atoms with E-state index in [1.165, 1.54) is 5.56 Å². The van der Waals surface area contributed by atoms with E-state index in [-0.39, 0.29) is 11.9 Å². The van der Waals surface area contributed by atoms with Crippen molar-refractivity contribution in [3.05, 3.63) is 29.8 Å². The maximum atomic E-state index is 8.74. The third-order valence-corrected chi connectivity index (χ3v) is 4.06. The Balaban J connectivity index is 1.83. The smallest absolute Gasteiger partial charge is 0.156 e. The molecule has 0 radical (unpaired) electrons. The Kier molecular flexibility index (Phi) is 5.41. The molecule has 0 amide bonds. The fraction of sp³-hybridized carbons (Fsp3) is 0.533. The molecule has 6 nitrogen and oxygen atoms in total. The number of rotatable bonds is 5. The Labute approximate surface area is 125 Å². The van der Waals surface area contributed by atoms with Gasteiger partial charge in [0.15, 0.2) is 5.84 Å². The molecule has 21 heavy (non-hydrogen) atoms. The summed E-state index contributed by atoms with van der Waals surface area (Å²) in [6.07, 6.45) is 0. The summed E-state index contributed by atoms with van der Waals surface area (Å²) in [5.41, 5.74) is 6.95. The van der Waals surface area contributed by atoms with Gasteiger partial charge in [-0.2, -0.15) is 0 Å². The van der Waals surface area contributed by atoms with Crippen molar-refractivity contribution < 1.29 is 9.94 Å². The van der Waals surface area contributed by atoms with Gasteiger partial charge in [-0.1, -0.05) is 17.3 Å². The van der Waals surface area contributed by atoms with E-state index in [1.807, 2.05) is 19.1 Å². The molecule has 1 aromatic rings. The number of piperazine rings is 1. The van der Waals surface area contributed by atoms with Crippen LogP contribution in [-0.2, 0) is 6.54 Å². The standard InChI is InChI=1S/C15H24N4O2/c1-12(15(16)17-20)19-9-7-18(8-10-19)11-13-3-5-14(21-2)6-4-13/h3-6,12,20H,7-11H2,1-2H3,(H2,16,17). The molecule has 1 aliphatic heterocycles. The number of benzene rings is 1. The van der Waals surface area contributed by atoms with Crippen molar-refractivity contribution in [2.75, 3.05) is 33.3 Å². The fourth-order valence-electron chi connectivity index (χ4n) is 2.57. The van der Waals surface area contributed by atoms with E-state index in [1.54, 1.807) is 7.11 Å². The highest BCUT2D eigenvalue weighted by atomic mass is 16.5. The number of hydrogen-bond acceptors (Lipinski definition) is 5. The van der Waals surface area contributed by atoms with Crippen molar-refractivity contribution in [3.63, 3.8) is 0 Å². The van der Waals surface area contributed by atoms with Crippen LogP contribution < -0.4 is 10.5 Å². The molecule has 2 rings (SSSR count). The van der Waals surface area contributed by atoms with Gasteiger partial charge < -0.3 is 15.7 Å². The van der Waals surface area contributed by atoms with Crippen LogP contribution in [0.5, 0.6) is 5.75 Å². The molecule has 3 N–H and O–H groups in total. The number of hydrogen-bond donors (Lipinski definition) is 2. The first-order chi connectivity index (χ1) is 10.1. The van der Waals surface area contributed by atoms with Gasteiger partial charge >= 0.3 is 0 Å². The van der Waals surface area contributed by atoms with Gasteiger partial charge in [0.25, 0.3) is 0 Å². The summed E-state index contributed by atoms with van der Waals surface area (Å²) in [5, 5.41) is 11.8. The number of ether oxygens (including phenoxy) is 1. The fourth-order valence-corrected chi connectivity index (χ4v) is 2.57. The van der Waals surface area contributed by atoms with Gasteiger partial charge in [0.2, 0.25) is 0 Å². The summed E-state index contributed by atoms with van der Waals surface area (Å²) >= 11 is 0. The molecular formula is C15H24N4O2. The second kappa shape index (κ2) is 7.28. The maximum Gasteiger partial charge on any atom is 0.156 e. The zero-order valence-corrected chi connectivity index (χ0v) is 12.7. The van der Waals surface area contributed by atoms with Crippen LogP contribution in [0, 0.1) is 0 Å². The molecule has 0 aliphatic carbocycles. The first-order valence-electron chi connectivity index (χ1n) is 7.20. The number of nitrogens with zero attached hydrogens (tertiary/aromatic N) is 3. The van der Waals surface area contributed by atoms with Gasteiger partial charge in [-0.15, -0.1) is 0 Å². The van der Waals surface area contributed by atoms with Gasteiger partial charge in [-0.3, -0.25) is 9.80 Å². The molecule has 0 saturated carbocycles. The predicted octanol–water partition coefficient (Wildman–Crippen LogP) is 0.948. The molecule has 1 unspecified atom stereocenters. The van der Waals surface area contributed by atoms with Crippen LogP contribution in [0.25, 0.3) is 0 Å². The second-order valence-corrected chi connectivity index (χ2v) is 5.36. The van der Waals surface area contributed by atoms with Crippen molar-refractivity contribution in [2.24, 2.45) is 10.9 Å². The Hall–Kier alpha value is -1.79. The van der Waals surface area contributed by atoms with Gasteiger partial charge in [0.1, 0.15) is 5.75 Å². The van der Waals surface area contributed by atoms with Gasteiger partial charge in [0, 0.05) is 32.7 Å². The SMILES string of the molecule is COc1ccc(CN2CCN(C(C)C(N)=NO)CC2)cc1. The van der Waals surface area contributed by atoms with E-state index >= 15 is 0 Å². The molecule has 1 aromatic carbocycles. The normalized spacial score (nSPS) is 19.4. The third-order valence-electron chi connectivity index (χ3n) is 4.06. The molecule has 0 aromatic heterocycles. The van der Waals surface area contributed by atoms with E-state index in [2.05, 4.69) is 27.1 Å². The zero-order chi connectivity index (χ0) is 15.2. The molecule has 0 bridgehead atoms. The summed E-state index contributed by atoms with van der Waals surface area (Å²) in [5.74, 6) is 1.16. The molecular weight excluding hydrogens is 268 g/mol. The molecule has 1 aliphatic rings. The molecule has 1 saturated heterocycles. The minimum Gasteiger partial charge on any atom is -0.497 e. The molecule has 1 atom stereocenters. The molecule has 116 valence electrons. The van der Waals surface area contributed by atoms with Crippen LogP contribution >= 0.6 is 0 Å². The number of nitrogens with two attached hydrogens (primary N) is 1. The minimum absolute atomic E-state index is 0.0156. The van der Waals surface area contributed by atoms with E-state index in [0.29, 0.717) is 0 Å². The Morgan fingerprint density at radius 3 is 2.43 bits per heavy atom. The van der Waals surface area contributed by atoms with Gasteiger partial charge in [-0.05, 0) is 24.6 Å². The van der Waals surface area contributed by atoms with E-state index in [4.69, 9.17) is 15.7 Å². The first kappa shape index (κ1) is 15.6. The lowest BCUT2D eigenvalue weighted by molar-refractivity contribution is 0.116. The van der Waals surface area contributed by atoms with Crippen LogP contribution in [0.2, 0.25) is 0 Å². The lowest BCUT2D eigenvalue weighted by atomic mass is 10.1. The largest absolute Gasteiger partial charge is 0.497 e. The second-order valence-electron chi connectivity index (χ2n) is 5.36. The summed E-state index contributed by atoms with van der Waals surface area (Å²) < 4.78 is 5.17. The maximum absolute atomic E-state index is 8.74. The summed E-state index contributed by atoms with van der Waals surface area (Å²) in [7, 11) is 1.68. The summed E-state index contributed by atoms with van der Waals surface area (Å²) in [6, 6.07) is 8.17. The highest BCUT2D eigenvalue weighted by Gasteiger charge is 2.23. The summed E-state index contributed by atoms with van der Waals surface area (Å²) in [6.45, 7) is 6.72. The Morgan fingerprint density at radius 1 is 1.29 bits per heavy atom. The zero-order valence-electron chi connectivity index (χ0n) is 12.7. The van der Waals surface area contributed by atoms with Crippen molar-refractivity contribution >= 4 is 5.84 Å². The average Bonchev–Trinajstić information content (AvgIpc) is 2.55. The molecule has 6 heteroatoms. The monoisotopic (exact) mass is 292 g/mol. The highest BCUT2D eigenvalue weighted by Crippen LogP contribution is 2.14. The number of oxime groups is 1. The minimum atomic E-state index is -0.0156. The van der Waals surface area contributed by atoms with Crippen molar-refractivity contribution in [1.82, 2.24) is 9.80 Å². The Morgan fingerprint density at radius 2 is 1.90 bits per heavy atom. The Bertz CT molecular complexity index is 467. The number of amidine groups is 1.